The Bertz CT molecular complexity index is 1040. The van der Waals surface area contributed by atoms with Crippen LogP contribution < -0.4 is 4.90 Å². The summed E-state index contributed by atoms with van der Waals surface area (Å²) in [7, 11) is 0. The zero-order chi connectivity index (χ0) is 20.7. The van der Waals surface area contributed by atoms with Gasteiger partial charge in [0.2, 0.25) is 0 Å². The highest BCUT2D eigenvalue weighted by Gasteiger charge is 2.43. The van der Waals surface area contributed by atoms with Crippen LogP contribution in [0.25, 0.3) is 5.57 Å². The smallest absolute Gasteiger partial charge is 0.282 e. The van der Waals surface area contributed by atoms with E-state index in [0.717, 1.165) is 49.0 Å². The molecule has 1 fully saturated rings. The Morgan fingerprint density at radius 3 is 2.24 bits per heavy atom. The monoisotopic (exact) mass is 428 g/mol. The van der Waals surface area contributed by atoms with Crippen molar-refractivity contribution < 1.29 is 9.59 Å². The summed E-state index contributed by atoms with van der Waals surface area (Å²) in [6, 6.07) is 10.7. The van der Waals surface area contributed by atoms with Crippen LogP contribution in [-0.2, 0) is 9.59 Å². The maximum Gasteiger partial charge on any atom is 0.282 e. The van der Waals surface area contributed by atoms with Gasteiger partial charge >= 0.3 is 0 Å². The number of rotatable bonds is 3. The quantitative estimate of drug-likeness (QED) is 0.615. The zero-order valence-corrected chi connectivity index (χ0v) is 18.0. The summed E-state index contributed by atoms with van der Waals surface area (Å²) in [4.78, 5) is 30.3. The van der Waals surface area contributed by atoms with E-state index < -0.39 is 0 Å². The Morgan fingerprint density at radius 2 is 1.55 bits per heavy atom. The number of imide groups is 1. The number of piperidine rings is 1. The first-order valence-electron chi connectivity index (χ1n) is 9.79. The predicted molar refractivity (Wildman–Crippen MR) is 117 cm³/mol. The lowest BCUT2D eigenvalue weighted by Crippen LogP contribution is -2.37. The molecule has 2 heterocycles. The molecule has 2 aromatic carbocycles. The van der Waals surface area contributed by atoms with Crippen molar-refractivity contribution in [1.29, 1.82) is 0 Å². The molecule has 4 nitrogen and oxygen atoms in total. The Labute approximate surface area is 180 Å². The molecule has 0 aliphatic carbocycles. The van der Waals surface area contributed by atoms with Crippen molar-refractivity contribution in [3.8, 4) is 0 Å². The van der Waals surface area contributed by atoms with Crippen molar-refractivity contribution in [1.82, 2.24) is 4.90 Å². The summed E-state index contributed by atoms with van der Waals surface area (Å²) in [6.07, 6.45) is 3.14. The summed E-state index contributed by atoms with van der Waals surface area (Å²) < 4.78 is 0. The van der Waals surface area contributed by atoms with E-state index in [1.807, 2.05) is 36.9 Å². The highest BCUT2D eigenvalue weighted by Crippen LogP contribution is 2.39. The van der Waals surface area contributed by atoms with Gasteiger partial charge in [-0.05, 0) is 68.0 Å². The summed E-state index contributed by atoms with van der Waals surface area (Å²) in [6.45, 7) is 5.56. The van der Waals surface area contributed by atoms with Crippen LogP contribution in [0.3, 0.4) is 0 Å². The van der Waals surface area contributed by atoms with E-state index >= 15 is 0 Å². The molecule has 0 bridgehead atoms. The van der Waals surface area contributed by atoms with Crippen molar-refractivity contribution in [2.24, 2.45) is 0 Å². The van der Waals surface area contributed by atoms with E-state index in [9.17, 15) is 9.59 Å². The lowest BCUT2D eigenvalue weighted by atomic mass is 9.98. The van der Waals surface area contributed by atoms with Crippen molar-refractivity contribution in [2.45, 2.75) is 33.1 Å². The number of hydrogen-bond donors (Lipinski definition) is 0. The lowest BCUT2D eigenvalue weighted by molar-refractivity contribution is -0.120. The number of nitrogens with zero attached hydrogens (tertiary/aromatic N) is 2. The number of amides is 2. The number of hydrogen-bond acceptors (Lipinski definition) is 3. The van der Waals surface area contributed by atoms with Crippen molar-refractivity contribution in [3.05, 3.63) is 68.8 Å². The minimum absolute atomic E-state index is 0.315. The summed E-state index contributed by atoms with van der Waals surface area (Å²) >= 11 is 12.5. The molecule has 0 radical (unpaired) electrons. The third kappa shape index (κ3) is 3.56. The van der Waals surface area contributed by atoms with Gasteiger partial charge in [-0.25, -0.2) is 4.90 Å². The number of carbonyl (C=O) groups is 2. The number of carbonyl (C=O) groups excluding carboxylic acids is 2. The fourth-order valence-corrected chi connectivity index (χ4v) is 4.33. The lowest BCUT2D eigenvalue weighted by Gasteiger charge is -2.29. The second-order valence-corrected chi connectivity index (χ2v) is 8.46. The molecule has 2 aliphatic rings. The van der Waals surface area contributed by atoms with Gasteiger partial charge in [-0.1, -0.05) is 41.4 Å². The van der Waals surface area contributed by atoms with E-state index in [4.69, 9.17) is 23.2 Å². The van der Waals surface area contributed by atoms with Gasteiger partial charge in [0, 0.05) is 18.1 Å². The molecule has 0 unspecified atom stereocenters. The van der Waals surface area contributed by atoms with Gasteiger partial charge < -0.3 is 4.90 Å². The van der Waals surface area contributed by atoms with E-state index in [2.05, 4.69) is 0 Å². The first-order valence-corrected chi connectivity index (χ1v) is 10.5. The van der Waals surface area contributed by atoms with Gasteiger partial charge in [-0.3, -0.25) is 9.59 Å². The van der Waals surface area contributed by atoms with Gasteiger partial charge in [0.25, 0.3) is 11.8 Å². The first kappa shape index (κ1) is 20.0. The number of benzene rings is 2. The number of aryl methyl sites for hydroxylation is 2. The standard InChI is InChI=1S/C23H22Cl2N2O2/c1-14-6-7-16(12-15(14)2)20-21(26-10-4-3-5-11-26)23(29)27(22(20)28)19-13-17(24)8-9-18(19)25/h6-9,12-13H,3-5,10-11H2,1-2H3. The fourth-order valence-electron chi connectivity index (χ4n) is 3.96. The molecule has 2 aromatic rings. The molecule has 2 aliphatic heterocycles. The van der Waals surface area contributed by atoms with E-state index in [-0.39, 0.29) is 11.8 Å². The average molecular weight is 429 g/mol. The van der Waals surface area contributed by atoms with Gasteiger partial charge in [-0.2, -0.15) is 0 Å². The number of halogens is 2. The second kappa shape index (κ2) is 7.85. The van der Waals surface area contributed by atoms with Crippen LogP contribution in [0.5, 0.6) is 0 Å². The normalized spacial score (nSPS) is 17.5. The molecule has 0 atom stereocenters. The topological polar surface area (TPSA) is 40.6 Å². The molecular formula is C23H22Cl2N2O2. The van der Waals surface area contributed by atoms with E-state index in [0.29, 0.717) is 27.0 Å². The van der Waals surface area contributed by atoms with Crippen LogP contribution in [0.4, 0.5) is 5.69 Å². The van der Waals surface area contributed by atoms with Crippen LogP contribution >= 0.6 is 23.2 Å². The third-order valence-corrected chi connectivity index (χ3v) is 6.23. The van der Waals surface area contributed by atoms with E-state index in [1.165, 1.54) is 4.90 Å². The molecule has 150 valence electrons. The predicted octanol–water partition coefficient (Wildman–Crippen LogP) is 5.38. The van der Waals surface area contributed by atoms with E-state index in [1.54, 1.807) is 18.2 Å². The molecule has 1 saturated heterocycles. The second-order valence-electron chi connectivity index (χ2n) is 7.61. The Balaban J connectivity index is 1.87. The van der Waals surface area contributed by atoms with Crippen LogP contribution in [-0.4, -0.2) is 29.8 Å². The third-order valence-electron chi connectivity index (χ3n) is 5.68. The minimum Gasteiger partial charge on any atom is -0.366 e. The number of likely N-dealkylation sites (tertiary alicyclic amines) is 1. The molecule has 0 saturated carbocycles. The SMILES string of the molecule is Cc1ccc(C2=C(N3CCCCC3)C(=O)N(c3cc(Cl)ccc3Cl)C2=O)cc1C. The highest BCUT2D eigenvalue weighted by molar-refractivity contribution is 6.47. The van der Waals surface area contributed by atoms with Crippen LogP contribution in [0.15, 0.2) is 42.1 Å². The average Bonchev–Trinajstić information content (AvgIpc) is 2.97. The molecule has 4 rings (SSSR count). The molecular weight excluding hydrogens is 407 g/mol. The maximum absolute atomic E-state index is 13.5. The highest BCUT2D eigenvalue weighted by atomic mass is 35.5. The van der Waals surface area contributed by atoms with Crippen LogP contribution in [0, 0.1) is 13.8 Å². The van der Waals surface area contributed by atoms with Gasteiger partial charge in [0.1, 0.15) is 5.70 Å². The van der Waals surface area contributed by atoms with Gasteiger partial charge in [0.15, 0.2) is 0 Å². The zero-order valence-electron chi connectivity index (χ0n) is 16.5. The van der Waals surface area contributed by atoms with Crippen molar-refractivity contribution in [2.75, 3.05) is 18.0 Å². The largest absolute Gasteiger partial charge is 0.366 e. The van der Waals surface area contributed by atoms with Crippen LogP contribution in [0.2, 0.25) is 10.0 Å². The Kier molecular flexibility index (Phi) is 5.41. The Hall–Kier alpha value is -2.30. The van der Waals surface area contributed by atoms with Gasteiger partial charge in [-0.15, -0.1) is 0 Å². The van der Waals surface area contributed by atoms with Crippen molar-refractivity contribution >= 4 is 46.3 Å². The molecule has 29 heavy (non-hydrogen) atoms. The molecule has 2 amide bonds. The minimum atomic E-state index is -0.358. The maximum atomic E-state index is 13.5. The molecule has 6 heteroatoms. The number of anilines is 1. The molecule has 0 spiro atoms. The van der Waals surface area contributed by atoms with Gasteiger partial charge in [0.05, 0.1) is 16.3 Å². The molecule has 0 aromatic heterocycles. The summed E-state index contributed by atoms with van der Waals surface area (Å²) in [5.74, 6) is -0.697. The molecule has 0 N–H and O–H groups in total. The summed E-state index contributed by atoms with van der Waals surface area (Å²) in [5, 5.41) is 0.736. The van der Waals surface area contributed by atoms with Crippen LogP contribution in [0.1, 0.15) is 36.0 Å². The fraction of sp³-hybridized carbons (Fsp3) is 0.304. The van der Waals surface area contributed by atoms with Crippen molar-refractivity contribution in [3.63, 3.8) is 0 Å². The summed E-state index contributed by atoms with van der Waals surface area (Å²) in [5.41, 5.74) is 4.20. The first-order chi connectivity index (χ1) is 13.9. The Morgan fingerprint density at radius 1 is 0.828 bits per heavy atom.